The van der Waals surface area contributed by atoms with Crippen LogP contribution >= 0.6 is 27.5 Å². The molecule has 90 valence electrons. The third-order valence-corrected chi connectivity index (χ3v) is 2.90. The highest BCUT2D eigenvalue weighted by atomic mass is 79.9. The zero-order valence-corrected chi connectivity index (χ0v) is 11.3. The predicted octanol–water partition coefficient (Wildman–Crippen LogP) is 4.91. The minimum atomic E-state index is -0.511. The molecule has 0 heterocycles. The summed E-state index contributed by atoms with van der Waals surface area (Å²) >= 11 is 8.92. The van der Waals surface area contributed by atoms with Crippen LogP contribution in [0.3, 0.4) is 0 Å². The standard InChI is InChI=1S/C13H6BrClFNO/c14-9-1-3-13(11(16)6-9)18-12-4-2-10(15)5-8(12)7-17/h1-6H. The Bertz CT molecular complexity index is 639. The van der Waals surface area contributed by atoms with E-state index in [1.54, 1.807) is 12.1 Å². The normalized spacial score (nSPS) is 9.89. The van der Waals surface area contributed by atoms with Crippen LogP contribution in [0, 0.1) is 17.1 Å². The molecule has 2 aromatic carbocycles. The van der Waals surface area contributed by atoms with E-state index in [0.29, 0.717) is 9.50 Å². The molecule has 0 saturated carbocycles. The van der Waals surface area contributed by atoms with Gasteiger partial charge in [-0.1, -0.05) is 27.5 Å². The van der Waals surface area contributed by atoms with E-state index in [1.807, 2.05) is 6.07 Å². The summed E-state index contributed by atoms with van der Waals surface area (Å²) in [6, 6.07) is 10.9. The van der Waals surface area contributed by atoms with Crippen molar-refractivity contribution >= 4 is 27.5 Å². The molecular weight excluding hydrogens is 321 g/mol. The fourth-order valence-electron chi connectivity index (χ4n) is 1.36. The van der Waals surface area contributed by atoms with Crippen LogP contribution in [0.15, 0.2) is 40.9 Å². The lowest BCUT2D eigenvalue weighted by atomic mass is 10.2. The molecule has 0 radical (unpaired) electrons. The van der Waals surface area contributed by atoms with Crippen molar-refractivity contribution in [3.8, 4) is 17.6 Å². The second-order valence-corrected chi connectivity index (χ2v) is 4.78. The first-order valence-corrected chi connectivity index (χ1v) is 6.10. The van der Waals surface area contributed by atoms with Crippen LogP contribution in [-0.2, 0) is 0 Å². The summed E-state index contributed by atoms with van der Waals surface area (Å²) in [5, 5.41) is 9.37. The molecule has 2 aromatic rings. The van der Waals surface area contributed by atoms with Crippen LogP contribution < -0.4 is 4.74 Å². The summed E-state index contributed by atoms with van der Waals surface area (Å²) in [4.78, 5) is 0. The number of benzene rings is 2. The fraction of sp³-hybridized carbons (Fsp3) is 0. The maximum atomic E-state index is 13.6. The number of ether oxygens (including phenoxy) is 1. The van der Waals surface area contributed by atoms with Gasteiger partial charge in [0, 0.05) is 9.50 Å². The summed E-state index contributed by atoms with van der Waals surface area (Å²) in [5.74, 6) is -0.191. The summed E-state index contributed by atoms with van der Waals surface area (Å²) < 4.78 is 19.6. The quantitative estimate of drug-likeness (QED) is 0.786. The molecule has 0 aliphatic rings. The van der Waals surface area contributed by atoms with E-state index in [9.17, 15) is 4.39 Å². The van der Waals surface area contributed by atoms with E-state index in [2.05, 4.69) is 15.9 Å². The van der Waals surface area contributed by atoms with Crippen molar-refractivity contribution in [3.05, 3.63) is 57.3 Å². The Morgan fingerprint density at radius 1 is 1.17 bits per heavy atom. The number of nitriles is 1. The lowest BCUT2D eigenvalue weighted by molar-refractivity contribution is 0.441. The fourth-order valence-corrected chi connectivity index (χ4v) is 1.86. The van der Waals surface area contributed by atoms with Crippen molar-refractivity contribution in [1.82, 2.24) is 0 Å². The summed E-state index contributed by atoms with van der Waals surface area (Å²) in [5.41, 5.74) is 0.254. The van der Waals surface area contributed by atoms with Crippen molar-refractivity contribution < 1.29 is 9.13 Å². The molecule has 0 unspecified atom stereocenters. The first kappa shape index (κ1) is 12.9. The van der Waals surface area contributed by atoms with E-state index >= 15 is 0 Å². The third-order valence-electron chi connectivity index (χ3n) is 2.18. The van der Waals surface area contributed by atoms with E-state index in [-0.39, 0.29) is 17.1 Å². The minimum absolute atomic E-state index is 0.0528. The molecule has 2 rings (SSSR count). The maximum Gasteiger partial charge on any atom is 0.166 e. The van der Waals surface area contributed by atoms with Crippen molar-refractivity contribution in [2.75, 3.05) is 0 Å². The second kappa shape index (κ2) is 5.38. The predicted molar refractivity (Wildman–Crippen MR) is 70.3 cm³/mol. The van der Waals surface area contributed by atoms with E-state index in [1.165, 1.54) is 24.3 Å². The Hall–Kier alpha value is -1.57. The van der Waals surface area contributed by atoms with Gasteiger partial charge < -0.3 is 4.74 Å². The van der Waals surface area contributed by atoms with Gasteiger partial charge in [0.15, 0.2) is 11.6 Å². The lowest BCUT2D eigenvalue weighted by Gasteiger charge is -2.08. The van der Waals surface area contributed by atoms with Crippen LogP contribution in [0.4, 0.5) is 4.39 Å². The zero-order valence-electron chi connectivity index (χ0n) is 8.95. The first-order chi connectivity index (χ1) is 8.60. The Balaban J connectivity index is 2.37. The molecule has 0 aromatic heterocycles. The molecule has 0 aliphatic heterocycles. The van der Waals surface area contributed by atoms with Crippen molar-refractivity contribution in [2.24, 2.45) is 0 Å². The molecule has 2 nitrogen and oxygen atoms in total. The number of nitrogens with zero attached hydrogens (tertiary/aromatic N) is 1. The number of hydrogen-bond donors (Lipinski definition) is 0. The molecule has 18 heavy (non-hydrogen) atoms. The summed E-state index contributed by atoms with van der Waals surface area (Å²) in [6.45, 7) is 0. The van der Waals surface area contributed by atoms with Crippen molar-refractivity contribution in [1.29, 1.82) is 5.26 Å². The van der Waals surface area contributed by atoms with Crippen LogP contribution in [0.1, 0.15) is 5.56 Å². The average molecular weight is 327 g/mol. The highest BCUT2D eigenvalue weighted by Gasteiger charge is 2.09. The van der Waals surface area contributed by atoms with Crippen LogP contribution in [-0.4, -0.2) is 0 Å². The zero-order chi connectivity index (χ0) is 13.1. The second-order valence-electron chi connectivity index (χ2n) is 3.43. The molecule has 0 bridgehead atoms. The maximum absolute atomic E-state index is 13.6. The molecule has 5 heteroatoms. The SMILES string of the molecule is N#Cc1cc(Cl)ccc1Oc1ccc(Br)cc1F. The molecule has 0 amide bonds. The summed E-state index contributed by atoms with van der Waals surface area (Å²) in [7, 11) is 0. The van der Waals surface area contributed by atoms with Gasteiger partial charge in [-0.05, 0) is 36.4 Å². The number of hydrogen-bond acceptors (Lipinski definition) is 2. The van der Waals surface area contributed by atoms with Crippen LogP contribution in [0.25, 0.3) is 0 Å². The first-order valence-electron chi connectivity index (χ1n) is 4.92. The minimum Gasteiger partial charge on any atom is -0.453 e. The van der Waals surface area contributed by atoms with E-state index < -0.39 is 5.82 Å². The van der Waals surface area contributed by atoms with E-state index in [4.69, 9.17) is 21.6 Å². The highest BCUT2D eigenvalue weighted by molar-refractivity contribution is 9.10. The van der Waals surface area contributed by atoms with Gasteiger partial charge in [-0.3, -0.25) is 0 Å². The molecule has 0 saturated heterocycles. The molecular formula is C13H6BrClFNO. The Labute approximate surface area is 117 Å². The van der Waals surface area contributed by atoms with Gasteiger partial charge in [0.2, 0.25) is 0 Å². The van der Waals surface area contributed by atoms with Gasteiger partial charge >= 0.3 is 0 Å². The number of halogens is 3. The van der Waals surface area contributed by atoms with Gasteiger partial charge in [0.1, 0.15) is 11.8 Å². The molecule has 0 atom stereocenters. The van der Waals surface area contributed by atoms with Gasteiger partial charge in [-0.2, -0.15) is 5.26 Å². The third kappa shape index (κ3) is 2.81. The Kier molecular flexibility index (Phi) is 3.85. The molecule has 0 N–H and O–H groups in total. The topological polar surface area (TPSA) is 33.0 Å². The molecule has 0 aliphatic carbocycles. The lowest BCUT2D eigenvalue weighted by Crippen LogP contribution is -1.91. The highest BCUT2D eigenvalue weighted by Crippen LogP contribution is 2.30. The largest absolute Gasteiger partial charge is 0.453 e. The smallest absolute Gasteiger partial charge is 0.166 e. The molecule has 0 spiro atoms. The Morgan fingerprint density at radius 3 is 2.56 bits per heavy atom. The van der Waals surface area contributed by atoms with Crippen LogP contribution in [0.2, 0.25) is 5.02 Å². The van der Waals surface area contributed by atoms with Crippen molar-refractivity contribution in [2.45, 2.75) is 0 Å². The Morgan fingerprint density at radius 2 is 1.89 bits per heavy atom. The summed E-state index contributed by atoms with van der Waals surface area (Å²) in [6.07, 6.45) is 0. The van der Waals surface area contributed by atoms with Gasteiger partial charge in [-0.25, -0.2) is 4.39 Å². The number of rotatable bonds is 2. The monoisotopic (exact) mass is 325 g/mol. The van der Waals surface area contributed by atoms with Gasteiger partial charge in [0.05, 0.1) is 5.56 Å². The van der Waals surface area contributed by atoms with Crippen molar-refractivity contribution in [3.63, 3.8) is 0 Å². The van der Waals surface area contributed by atoms with E-state index in [0.717, 1.165) is 0 Å². The average Bonchev–Trinajstić information content (AvgIpc) is 2.34. The van der Waals surface area contributed by atoms with Crippen LogP contribution in [0.5, 0.6) is 11.5 Å². The van der Waals surface area contributed by atoms with Gasteiger partial charge in [0.25, 0.3) is 0 Å². The molecule has 0 fully saturated rings. The van der Waals surface area contributed by atoms with Gasteiger partial charge in [-0.15, -0.1) is 0 Å².